The number of nitrogens with zero attached hydrogens (tertiary/aromatic N) is 1. The Hall–Kier alpha value is -1.79. The van der Waals surface area contributed by atoms with Gasteiger partial charge >= 0.3 is 0 Å². The van der Waals surface area contributed by atoms with Gasteiger partial charge in [0, 0.05) is 30.3 Å². The minimum absolute atomic E-state index is 0. The minimum Gasteiger partial charge on any atom is -0.457 e. The molecule has 1 fully saturated rings. The van der Waals surface area contributed by atoms with Crippen molar-refractivity contribution >= 4 is 29.9 Å². The van der Waals surface area contributed by atoms with Crippen molar-refractivity contribution in [3.63, 3.8) is 0 Å². The molecule has 3 rings (SSSR count). The van der Waals surface area contributed by atoms with Crippen LogP contribution in [-0.2, 0) is 4.74 Å². The third-order valence-corrected chi connectivity index (χ3v) is 4.80. The van der Waals surface area contributed by atoms with Gasteiger partial charge in [-0.1, -0.05) is 17.7 Å². The number of hydrogen-bond acceptors (Lipinski definition) is 4. The molecule has 0 unspecified atom stereocenters. The van der Waals surface area contributed by atoms with Crippen molar-refractivity contribution in [3.05, 3.63) is 59.1 Å². The van der Waals surface area contributed by atoms with E-state index in [0.717, 1.165) is 19.3 Å². The predicted octanol–water partition coefficient (Wildman–Crippen LogP) is 4.52. The molecular weight excluding hydrogens is 399 g/mol. The van der Waals surface area contributed by atoms with Crippen molar-refractivity contribution in [3.8, 4) is 11.5 Å². The number of carbonyl (C=O) groups excluding carboxylic acids is 1. The molecular formula is C21H26Cl2N2O3. The van der Waals surface area contributed by atoms with Gasteiger partial charge in [-0.25, -0.2) is 0 Å². The predicted molar refractivity (Wildman–Crippen MR) is 114 cm³/mol. The van der Waals surface area contributed by atoms with Gasteiger partial charge in [0.15, 0.2) is 0 Å². The Balaban J connectivity index is 0.00000280. The van der Waals surface area contributed by atoms with E-state index in [2.05, 4.69) is 0 Å². The number of nitrogens with two attached hydrogens (primary N) is 1. The maximum absolute atomic E-state index is 12.7. The van der Waals surface area contributed by atoms with Gasteiger partial charge in [0.05, 0.1) is 6.10 Å². The Morgan fingerprint density at radius 2 is 1.82 bits per heavy atom. The Morgan fingerprint density at radius 1 is 1.11 bits per heavy atom. The monoisotopic (exact) mass is 424 g/mol. The second kappa shape index (κ2) is 11.3. The Kier molecular flexibility index (Phi) is 9.06. The zero-order chi connectivity index (χ0) is 19.1. The van der Waals surface area contributed by atoms with Crippen LogP contribution in [0.5, 0.6) is 11.5 Å². The third kappa shape index (κ3) is 6.38. The summed E-state index contributed by atoms with van der Waals surface area (Å²) in [4.78, 5) is 14.6. The molecule has 1 amide bonds. The molecule has 0 aliphatic carbocycles. The van der Waals surface area contributed by atoms with Crippen molar-refractivity contribution in [1.82, 2.24) is 4.90 Å². The molecule has 0 radical (unpaired) electrons. The lowest BCUT2D eigenvalue weighted by Crippen LogP contribution is -2.41. The van der Waals surface area contributed by atoms with E-state index in [1.165, 1.54) is 0 Å². The summed E-state index contributed by atoms with van der Waals surface area (Å²) >= 11 is 5.96. The number of piperidine rings is 1. The maximum atomic E-state index is 12.7. The minimum atomic E-state index is 0. The van der Waals surface area contributed by atoms with Gasteiger partial charge in [0.2, 0.25) is 0 Å². The lowest BCUT2D eigenvalue weighted by atomic mass is 10.1. The van der Waals surface area contributed by atoms with Crippen LogP contribution in [0.25, 0.3) is 0 Å². The van der Waals surface area contributed by atoms with Gasteiger partial charge in [0.1, 0.15) is 11.5 Å². The molecule has 1 saturated heterocycles. The SMILES string of the molecule is Cl.NCCCOC1CCN(C(=O)c2ccc(Oc3cccc(Cl)c3)cc2)CC1. The average molecular weight is 425 g/mol. The van der Waals surface area contributed by atoms with Crippen molar-refractivity contribution in [2.45, 2.75) is 25.4 Å². The highest BCUT2D eigenvalue weighted by Gasteiger charge is 2.24. The van der Waals surface area contributed by atoms with Crippen LogP contribution in [0.1, 0.15) is 29.6 Å². The van der Waals surface area contributed by atoms with Gasteiger partial charge in [-0.3, -0.25) is 4.79 Å². The van der Waals surface area contributed by atoms with E-state index in [9.17, 15) is 4.79 Å². The average Bonchev–Trinajstić information content (AvgIpc) is 2.69. The van der Waals surface area contributed by atoms with Crippen molar-refractivity contribution < 1.29 is 14.3 Å². The molecule has 1 heterocycles. The number of hydrogen-bond donors (Lipinski definition) is 1. The number of amides is 1. The number of benzene rings is 2. The lowest BCUT2D eigenvalue weighted by molar-refractivity contribution is 0.00845. The first-order valence-corrected chi connectivity index (χ1v) is 9.68. The van der Waals surface area contributed by atoms with E-state index < -0.39 is 0 Å². The molecule has 0 spiro atoms. The fraction of sp³-hybridized carbons (Fsp3) is 0.381. The van der Waals surface area contributed by atoms with Gasteiger partial charge < -0.3 is 20.1 Å². The molecule has 2 aromatic rings. The molecule has 0 saturated carbocycles. The van der Waals surface area contributed by atoms with Gasteiger partial charge in [-0.05, 0) is 68.3 Å². The molecule has 2 N–H and O–H groups in total. The molecule has 2 aromatic carbocycles. The summed E-state index contributed by atoms with van der Waals surface area (Å²) in [6, 6.07) is 14.4. The number of ether oxygens (including phenoxy) is 2. The largest absolute Gasteiger partial charge is 0.457 e. The van der Waals surface area contributed by atoms with E-state index >= 15 is 0 Å². The number of halogens is 2. The molecule has 7 heteroatoms. The molecule has 1 aliphatic rings. The molecule has 152 valence electrons. The van der Waals surface area contributed by atoms with E-state index in [1.54, 1.807) is 36.4 Å². The highest BCUT2D eigenvalue weighted by molar-refractivity contribution is 6.30. The standard InChI is InChI=1S/C21H25ClN2O3.ClH/c22-17-3-1-4-20(15-17)27-19-7-5-16(6-8-19)21(25)24-12-9-18(10-13-24)26-14-2-11-23;/h1,3-8,15,18H,2,9-14,23H2;1H. The summed E-state index contributed by atoms with van der Waals surface area (Å²) in [6.07, 6.45) is 2.84. The molecule has 0 atom stereocenters. The van der Waals surface area contributed by atoms with Gasteiger partial charge in [-0.15, -0.1) is 12.4 Å². The fourth-order valence-corrected chi connectivity index (χ4v) is 3.25. The van der Waals surface area contributed by atoms with Crippen molar-refractivity contribution in [2.24, 2.45) is 5.73 Å². The number of rotatable bonds is 7. The van der Waals surface area contributed by atoms with Crippen LogP contribution in [0, 0.1) is 0 Å². The lowest BCUT2D eigenvalue weighted by Gasteiger charge is -2.32. The van der Waals surface area contributed by atoms with Crippen LogP contribution in [0.3, 0.4) is 0 Å². The molecule has 0 aromatic heterocycles. The first kappa shape index (κ1) is 22.5. The van der Waals surface area contributed by atoms with Gasteiger partial charge in [-0.2, -0.15) is 0 Å². The molecule has 1 aliphatic heterocycles. The summed E-state index contributed by atoms with van der Waals surface area (Å²) in [5, 5.41) is 0.620. The summed E-state index contributed by atoms with van der Waals surface area (Å²) < 4.78 is 11.6. The van der Waals surface area contributed by atoms with E-state index in [1.807, 2.05) is 17.0 Å². The molecule has 28 heavy (non-hydrogen) atoms. The number of carbonyl (C=O) groups is 1. The van der Waals surface area contributed by atoms with Crippen molar-refractivity contribution in [2.75, 3.05) is 26.2 Å². The van der Waals surface area contributed by atoms with E-state index in [-0.39, 0.29) is 24.4 Å². The Bertz CT molecular complexity index is 748. The highest BCUT2D eigenvalue weighted by atomic mass is 35.5. The van der Waals surface area contributed by atoms with Gasteiger partial charge in [0.25, 0.3) is 5.91 Å². The second-order valence-electron chi connectivity index (χ2n) is 6.59. The normalized spacial score (nSPS) is 14.4. The Morgan fingerprint density at radius 3 is 2.46 bits per heavy atom. The topological polar surface area (TPSA) is 64.8 Å². The summed E-state index contributed by atoms with van der Waals surface area (Å²) in [5.41, 5.74) is 6.15. The first-order chi connectivity index (χ1) is 13.2. The summed E-state index contributed by atoms with van der Waals surface area (Å²) in [7, 11) is 0. The Labute approximate surface area is 177 Å². The van der Waals surface area contributed by atoms with Crippen LogP contribution >= 0.6 is 24.0 Å². The summed E-state index contributed by atoms with van der Waals surface area (Å²) in [6.45, 7) is 2.78. The smallest absolute Gasteiger partial charge is 0.253 e. The number of likely N-dealkylation sites (tertiary alicyclic amines) is 1. The highest BCUT2D eigenvalue weighted by Crippen LogP contribution is 2.25. The second-order valence-corrected chi connectivity index (χ2v) is 7.02. The molecule has 5 nitrogen and oxygen atoms in total. The van der Waals surface area contributed by atoms with Crippen LogP contribution in [0.4, 0.5) is 0 Å². The van der Waals surface area contributed by atoms with E-state index in [0.29, 0.717) is 48.3 Å². The van der Waals surface area contributed by atoms with E-state index in [4.69, 9.17) is 26.8 Å². The molecule has 0 bridgehead atoms. The maximum Gasteiger partial charge on any atom is 0.253 e. The first-order valence-electron chi connectivity index (χ1n) is 9.30. The fourth-order valence-electron chi connectivity index (χ4n) is 3.07. The van der Waals surface area contributed by atoms with Crippen LogP contribution in [0.2, 0.25) is 5.02 Å². The van der Waals surface area contributed by atoms with Crippen molar-refractivity contribution in [1.29, 1.82) is 0 Å². The van der Waals surface area contributed by atoms with Crippen LogP contribution < -0.4 is 10.5 Å². The van der Waals surface area contributed by atoms with Crippen LogP contribution in [0.15, 0.2) is 48.5 Å². The zero-order valence-corrected chi connectivity index (χ0v) is 17.3. The van der Waals surface area contributed by atoms with Crippen LogP contribution in [-0.4, -0.2) is 43.2 Å². The quantitative estimate of drug-likeness (QED) is 0.663. The third-order valence-electron chi connectivity index (χ3n) is 4.56. The zero-order valence-electron chi connectivity index (χ0n) is 15.7. The summed E-state index contributed by atoms with van der Waals surface area (Å²) in [5.74, 6) is 1.38.